The van der Waals surface area contributed by atoms with E-state index in [0.29, 0.717) is 24.6 Å². The average molecular weight is 320 g/mol. The van der Waals surface area contributed by atoms with Crippen LogP contribution in [-0.4, -0.2) is 41.3 Å². The Morgan fingerprint density at radius 1 is 1.32 bits per heavy atom. The molecule has 0 bridgehead atoms. The third kappa shape index (κ3) is 4.17. The molecule has 0 unspecified atom stereocenters. The van der Waals surface area contributed by atoms with Gasteiger partial charge in [0.05, 0.1) is 7.11 Å². The van der Waals surface area contributed by atoms with Crippen molar-refractivity contribution < 1.29 is 9.53 Å². The lowest BCUT2D eigenvalue weighted by molar-refractivity contribution is 0.217. The Bertz CT molecular complexity index is 626. The normalized spacial score (nSPS) is 10.3. The molecule has 118 valence electrons. The first-order chi connectivity index (χ1) is 10.7. The molecule has 22 heavy (non-hydrogen) atoms. The topological polar surface area (TPSA) is 67.4 Å². The molecule has 2 rings (SSSR count). The number of aromatic nitrogens is 2. The predicted octanol–water partition coefficient (Wildman–Crippen LogP) is 3.01. The van der Waals surface area contributed by atoms with Crippen LogP contribution in [-0.2, 0) is 6.42 Å². The average Bonchev–Trinajstić information content (AvgIpc) is 2.95. The Morgan fingerprint density at radius 3 is 2.77 bits per heavy atom. The van der Waals surface area contributed by atoms with Gasteiger partial charge in [-0.25, -0.2) is 4.79 Å². The fourth-order valence-corrected chi connectivity index (χ4v) is 2.78. The lowest BCUT2D eigenvalue weighted by Gasteiger charge is -2.17. The Hall–Kier alpha value is -2.15. The molecule has 1 heterocycles. The van der Waals surface area contributed by atoms with Gasteiger partial charge in [-0.05, 0) is 31.5 Å². The predicted molar refractivity (Wildman–Crippen MR) is 87.6 cm³/mol. The highest BCUT2D eigenvalue weighted by atomic mass is 32.1. The maximum atomic E-state index is 12.0. The second kappa shape index (κ2) is 7.74. The van der Waals surface area contributed by atoms with Crippen molar-refractivity contribution in [2.75, 3.05) is 25.5 Å². The molecule has 0 radical (unpaired) electrons. The van der Waals surface area contributed by atoms with Gasteiger partial charge >= 0.3 is 6.03 Å². The van der Waals surface area contributed by atoms with Crippen molar-refractivity contribution in [2.24, 2.45) is 0 Å². The van der Waals surface area contributed by atoms with Crippen LogP contribution in [0.4, 0.5) is 9.93 Å². The van der Waals surface area contributed by atoms with Gasteiger partial charge in [0.15, 0.2) is 0 Å². The smallest absolute Gasteiger partial charge is 0.323 e. The SMILES string of the molecule is CCN(CC)C(=O)Nc1nnc(Cc2cccc(OC)c2)s1. The van der Waals surface area contributed by atoms with Crippen LogP contribution in [0.1, 0.15) is 24.4 Å². The molecule has 1 aromatic heterocycles. The fraction of sp³-hybridized carbons (Fsp3) is 0.400. The van der Waals surface area contributed by atoms with Gasteiger partial charge in [0.1, 0.15) is 10.8 Å². The van der Waals surface area contributed by atoms with Gasteiger partial charge in [-0.1, -0.05) is 23.5 Å². The van der Waals surface area contributed by atoms with E-state index in [4.69, 9.17) is 4.74 Å². The number of carbonyl (C=O) groups excluding carboxylic acids is 1. The van der Waals surface area contributed by atoms with Crippen LogP contribution in [0.5, 0.6) is 5.75 Å². The van der Waals surface area contributed by atoms with E-state index in [1.165, 1.54) is 11.3 Å². The van der Waals surface area contributed by atoms with Crippen LogP contribution >= 0.6 is 11.3 Å². The molecule has 1 aromatic carbocycles. The summed E-state index contributed by atoms with van der Waals surface area (Å²) in [6, 6.07) is 7.68. The number of rotatable bonds is 6. The first kappa shape index (κ1) is 16.2. The number of nitrogens with one attached hydrogen (secondary N) is 1. The van der Waals surface area contributed by atoms with Crippen LogP contribution in [0, 0.1) is 0 Å². The van der Waals surface area contributed by atoms with E-state index in [1.54, 1.807) is 12.0 Å². The lowest BCUT2D eigenvalue weighted by Crippen LogP contribution is -2.34. The van der Waals surface area contributed by atoms with E-state index in [9.17, 15) is 4.79 Å². The molecule has 0 aliphatic heterocycles. The van der Waals surface area contributed by atoms with Crippen LogP contribution in [0.25, 0.3) is 0 Å². The number of anilines is 1. The van der Waals surface area contributed by atoms with Gasteiger partial charge < -0.3 is 9.64 Å². The van der Waals surface area contributed by atoms with E-state index in [-0.39, 0.29) is 6.03 Å². The van der Waals surface area contributed by atoms with Gasteiger partial charge in [0.2, 0.25) is 5.13 Å². The van der Waals surface area contributed by atoms with Crippen molar-refractivity contribution in [3.05, 3.63) is 34.8 Å². The molecule has 0 aliphatic carbocycles. The third-order valence-corrected chi connectivity index (χ3v) is 4.06. The Kier molecular flexibility index (Phi) is 5.71. The monoisotopic (exact) mass is 320 g/mol. The molecular formula is C15H20N4O2S. The Balaban J connectivity index is 2.00. The summed E-state index contributed by atoms with van der Waals surface area (Å²) >= 11 is 1.39. The molecule has 1 N–H and O–H groups in total. The molecule has 6 nitrogen and oxygen atoms in total. The van der Waals surface area contributed by atoms with Crippen molar-refractivity contribution in [3.8, 4) is 5.75 Å². The summed E-state index contributed by atoms with van der Waals surface area (Å²) in [5.74, 6) is 0.817. The van der Waals surface area contributed by atoms with Crippen LogP contribution < -0.4 is 10.1 Å². The van der Waals surface area contributed by atoms with Crippen molar-refractivity contribution >= 4 is 22.5 Å². The van der Waals surface area contributed by atoms with E-state index in [1.807, 2.05) is 38.1 Å². The minimum atomic E-state index is -0.144. The van der Waals surface area contributed by atoms with Crippen LogP contribution in [0.2, 0.25) is 0 Å². The second-order valence-electron chi connectivity index (χ2n) is 4.63. The fourth-order valence-electron chi connectivity index (χ4n) is 2.01. The summed E-state index contributed by atoms with van der Waals surface area (Å²) in [5, 5.41) is 12.3. The molecule has 0 saturated carbocycles. The van der Waals surface area contributed by atoms with Crippen LogP contribution in [0.3, 0.4) is 0 Å². The van der Waals surface area contributed by atoms with Crippen molar-refractivity contribution in [2.45, 2.75) is 20.3 Å². The molecule has 7 heteroatoms. The maximum Gasteiger partial charge on any atom is 0.323 e. The van der Waals surface area contributed by atoms with Gasteiger partial charge in [0, 0.05) is 19.5 Å². The van der Waals surface area contributed by atoms with Gasteiger partial charge in [0.25, 0.3) is 0 Å². The van der Waals surface area contributed by atoms with Crippen molar-refractivity contribution in [1.29, 1.82) is 0 Å². The number of methoxy groups -OCH3 is 1. The summed E-state index contributed by atoms with van der Waals surface area (Å²) in [4.78, 5) is 13.7. The summed E-state index contributed by atoms with van der Waals surface area (Å²) in [5.41, 5.74) is 1.09. The molecule has 0 aliphatic rings. The largest absolute Gasteiger partial charge is 0.497 e. The van der Waals surface area contributed by atoms with Gasteiger partial charge in [-0.3, -0.25) is 5.32 Å². The molecule has 0 spiro atoms. The summed E-state index contributed by atoms with van der Waals surface area (Å²) < 4.78 is 5.21. The first-order valence-electron chi connectivity index (χ1n) is 7.17. The van der Waals surface area contributed by atoms with Crippen LogP contribution in [0.15, 0.2) is 24.3 Å². The summed E-state index contributed by atoms with van der Waals surface area (Å²) in [7, 11) is 1.64. The number of hydrogen-bond acceptors (Lipinski definition) is 5. The molecule has 0 atom stereocenters. The summed E-state index contributed by atoms with van der Waals surface area (Å²) in [6.45, 7) is 5.21. The lowest BCUT2D eigenvalue weighted by atomic mass is 10.1. The van der Waals surface area contributed by atoms with E-state index in [2.05, 4.69) is 15.5 Å². The third-order valence-electron chi connectivity index (χ3n) is 3.22. The Labute approximate surface area is 134 Å². The highest BCUT2D eigenvalue weighted by Crippen LogP contribution is 2.21. The van der Waals surface area contributed by atoms with Gasteiger partial charge in [-0.2, -0.15) is 0 Å². The van der Waals surface area contributed by atoms with E-state index in [0.717, 1.165) is 16.3 Å². The number of urea groups is 1. The first-order valence-corrected chi connectivity index (χ1v) is 7.99. The minimum Gasteiger partial charge on any atom is -0.497 e. The van der Waals surface area contributed by atoms with E-state index >= 15 is 0 Å². The van der Waals surface area contributed by atoms with Crippen molar-refractivity contribution in [1.82, 2.24) is 15.1 Å². The number of carbonyl (C=O) groups is 1. The number of nitrogens with zero attached hydrogens (tertiary/aromatic N) is 3. The number of benzene rings is 1. The summed E-state index contributed by atoms with van der Waals surface area (Å²) in [6.07, 6.45) is 0.663. The number of amides is 2. The number of ether oxygens (including phenoxy) is 1. The molecular weight excluding hydrogens is 300 g/mol. The quantitative estimate of drug-likeness (QED) is 0.888. The highest BCUT2D eigenvalue weighted by Gasteiger charge is 2.13. The Morgan fingerprint density at radius 2 is 2.09 bits per heavy atom. The molecule has 0 fully saturated rings. The minimum absolute atomic E-state index is 0.144. The second-order valence-corrected chi connectivity index (χ2v) is 5.69. The molecule has 2 amide bonds. The maximum absolute atomic E-state index is 12.0. The molecule has 0 saturated heterocycles. The standard InChI is InChI=1S/C15H20N4O2S/c1-4-19(5-2)15(20)16-14-18-17-13(22-14)10-11-7-6-8-12(9-11)21-3/h6-9H,4-5,10H2,1-3H3,(H,16,18,20). The van der Waals surface area contributed by atoms with E-state index < -0.39 is 0 Å². The zero-order valence-electron chi connectivity index (χ0n) is 13.0. The molecule has 2 aromatic rings. The highest BCUT2D eigenvalue weighted by molar-refractivity contribution is 7.15. The number of hydrogen-bond donors (Lipinski definition) is 1. The van der Waals surface area contributed by atoms with Gasteiger partial charge in [-0.15, -0.1) is 10.2 Å². The van der Waals surface area contributed by atoms with Crippen molar-refractivity contribution in [3.63, 3.8) is 0 Å². The zero-order chi connectivity index (χ0) is 15.9. The zero-order valence-corrected chi connectivity index (χ0v) is 13.8.